The quantitative estimate of drug-likeness (QED) is 0.387. The van der Waals surface area contributed by atoms with E-state index in [-0.39, 0.29) is 34.0 Å². The number of rotatable bonds is 6. The highest BCUT2D eigenvalue weighted by Crippen LogP contribution is 2.24. The van der Waals surface area contributed by atoms with E-state index in [1.165, 1.54) is 32.4 Å². The Bertz CT molecular complexity index is 995. The maximum Gasteiger partial charge on any atom is 0.339 e. The Morgan fingerprint density at radius 1 is 0.812 bits per heavy atom. The van der Waals surface area contributed by atoms with Crippen LogP contribution in [0.2, 0.25) is 0 Å². The highest BCUT2D eigenvalue weighted by molar-refractivity contribution is 5.91. The third-order valence-electron chi connectivity index (χ3n) is 3.56. The fraction of sp³-hybridized carbons (Fsp3) is 0.300. The second-order valence-electron chi connectivity index (χ2n) is 7.16. The summed E-state index contributed by atoms with van der Waals surface area (Å²) in [6.07, 6.45) is 0. The molecule has 12 nitrogen and oxygen atoms in total. The minimum atomic E-state index is -1.23. The summed E-state index contributed by atoms with van der Waals surface area (Å²) in [4.78, 5) is 42.2. The van der Waals surface area contributed by atoms with Gasteiger partial charge in [0.1, 0.15) is 17.1 Å². The van der Waals surface area contributed by atoms with Crippen molar-refractivity contribution in [3.63, 3.8) is 0 Å². The molecule has 0 radical (unpaired) electrons. The van der Waals surface area contributed by atoms with E-state index >= 15 is 0 Å². The van der Waals surface area contributed by atoms with E-state index in [4.69, 9.17) is 19.3 Å². The zero-order chi connectivity index (χ0) is 24.6. The number of carbonyl (C=O) groups is 2. The van der Waals surface area contributed by atoms with E-state index in [2.05, 4.69) is 0 Å². The Morgan fingerprint density at radius 3 is 1.56 bits per heavy atom. The topological polar surface area (TPSA) is 168 Å². The predicted molar refractivity (Wildman–Crippen MR) is 111 cm³/mol. The molecule has 0 spiro atoms. The highest BCUT2D eigenvalue weighted by atomic mass is 16.6. The first kappa shape index (κ1) is 25.8. The Labute approximate surface area is 182 Å². The van der Waals surface area contributed by atoms with Crippen LogP contribution in [-0.4, -0.2) is 46.7 Å². The van der Waals surface area contributed by atoms with Crippen LogP contribution in [0.1, 0.15) is 41.5 Å². The van der Waals surface area contributed by atoms with Gasteiger partial charge < -0.3 is 19.3 Å². The predicted octanol–water partition coefficient (Wildman–Crippen LogP) is 3.86. The van der Waals surface area contributed by atoms with Crippen LogP contribution in [0.4, 0.5) is 11.4 Å². The smallest absolute Gasteiger partial charge is 0.339 e. The molecule has 0 unspecified atom stereocenters. The number of hydrogen-bond donors (Lipinski definition) is 1. The number of carboxylic acids is 1. The molecule has 2 rings (SSSR count). The van der Waals surface area contributed by atoms with Gasteiger partial charge in [-0.2, -0.15) is 0 Å². The minimum absolute atomic E-state index is 0.0935. The second kappa shape index (κ2) is 10.7. The number of esters is 1. The van der Waals surface area contributed by atoms with Crippen LogP contribution in [-0.2, 0) is 4.74 Å². The first-order valence-electron chi connectivity index (χ1n) is 8.91. The van der Waals surface area contributed by atoms with Gasteiger partial charge in [-0.1, -0.05) is 0 Å². The first-order chi connectivity index (χ1) is 14.8. The molecule has 0 bridgehead atoms. The molecule has 0 saturated carbocycles. The van der Waals surface area contributed by atoms with Gasteiger partial charge in [-0.3, -0.25) is 20.2 Å². The lowest BCUT2D eigenvalue weighted by molar-refractivity contribution is -0.385. The molecule has 0 saturated heterocycles. The number of non-ortho nitro benzene ring substituents is 2. The second-order valence-corrected chi connectivity index (χ2v) is 7.16. The molecular formula is C20H22N2O10. The lowest BCUT2D eigenvalue weighted by atomic mass is 10.1. The highest BCUT2D eigenvalue weighted by Gasteiger charge is 2.21. The number of nitro benzene ring substituents is 2. The van der Waals surface area contributed by atoms with Crippen LogP contribution in [0.15, 0.2) is 36.4 Å². The van der Waals surface area contributed by atoms with Gasteiger partial charge in [0, 0.05) is 12.1 Å². The van der Waals surface area contributed by atoms with Crippen LogP contribution < -0.4 is 9.47 Å². The molecule has 2 aromatic rings. The number of benzene rings is 2. The summed E-state index contributed by atoms with van der Waals surface area (Å²) in [7, 11) is 2.68. The van der Waals surface area contributed by atoms with Crippen molar-refractivity contribution >= 4 is 23.3 Å². The van der Waals surface area contributed by atoms with Crippen LogP contribution in [0.5, 0.6) is 11.5 Å². The van der Waals surface area contributed by atoms with Crippen molar-refractivity contribution < 1.29 is 38.8 Å². The molecular weight excluding hydrogens is 428 g/mol. The number of carbonyl (C=O) groups excluding carboxylic acids is 1. The molecule has 0 atom stereocenters. The van der Waals surface area contributed by atoms with E-state index in [1.807, 2.05) is 0 Å². The molecule has 0 aliphatic carbocycles. The van der Waals surface area contributed by atoms with Crippen molar-refractivity contribution in [3.05, 3.63) is 67.8 Å². The van der Waals surface area contributed by atoms with Gasteiger partial charge in [0.05, 0.1) is 47.3 Å². The zero-order valence-corrected chi connectivity index (χ0v) is 18.0. The van der Waals surface area contributed by atoms with E-state index in [9.17, 15) is 29.8 Å². The molecule has 0 amide bonds. The van der Waals surface area contributed by atoms with Gasteiger partial charge >= 0.3 is 11.9 Å². The van der Waals surface area contributed by atoms with E-state index < -0.39 is 27.4 Å². The number of carboxylic acid groups (broad SMARTS) is 1. The Hall–Kier alpha value is -4.22. The van der Waals surface area contributed by atoms with Gasteiger partial charge in [0.15, 0.2) is 0 Å². The van der Waals surface area contributed by atoms with Gasteiger partial charge in [-0.15, -0.1) is 0 Å². The number of hydrogen-bond acceptors (Lipinski definition) is 9. The summed E-state index contributed by atoms with van der Waals surface area (Å²) in [6, 6.07) is 7.16. The Kier molecular flexibility index (Phi) is 8.63. The number of nitrogens with zero attached hydrogens (tertiary/aromatic N) is 2. The van der Waals surface area contributed by atoms with Gasteiger partial charge in [0.25, 0.3) is 11.4 Å². The fourth-order valence-corrected chi connectivity index (χ4v) is 2.19. The number of methoxy groups -OCH3 is 2. The summed E-state index contributed by atoms with van der Waals surface area (Å²) in [5.74, 6) is -1.46. The average Bonchev–Trinajstić information content (AvgIpc) is 2.72. The molecule has 1 N–H and O–H groups in total. The lowest BCUT2D eigenvalue weighted by Gasteiger charge is -2.19. The molecule has 2 aromatic carbocycles. The van der Waals surface area contributed by atoms with E-state index in [1.54, 1.807) is 20.8 Å². The zero-order valence-electron chi connectivity index (χ0n) is 18.0. The summed E-state index contributed by atoms with van der Waals surface area (Å²) < 4.78 is 14.8. The largest absolute Gasteiger partial charge is 0.496 e. The van der Waals surface area contributed by atoms with Crippen LogP contribution in [0.3, 0.4) is 0 Å². The van der Waals surface area contributed by atoms with Crippen molar-refractivity contribution in [1.82, 2.24) is 0 Å². The van der Waals surface area contributed by atoms with Crippen molar-refractivity contribution in [2.24, 2.45) is 0 Å². The van der Waals surface area contributed by atoms with Gasteiger partial charge in [-0.25, -0.2) is 9.59 Å². The summed E-state index contributed by atoms with van der Waals surface area (Å²) >= 11 is 0. The number of aromatic carboxylic acids is 1. The molecule has 0 fully saturated rings. The fourth-order valence-electron chi connectivity index (χ4n) is 2.19. The van der Waals surface area contributed by atoms with Crippen molar-refractivity contribution in [3.8, 4) is 11.5 Å². The van der Waals surface area contributed by atoms with Gasteiger partial charge in [-0.05, 0) is 32.9 Å². The molecule has 172 valence electrons. The van der Waals surface area contributed by atoms with Crippen LogP contribution >= 0.6 is 0 Å². The van der Waals surface area contributed by atoms with Gasteiger partial charge in [0.2, 0.25) is 0 Å². The molecule has 0 heterocycles. The third kappa shape index (κ3) is 7.89. The molecule has 32 heavy (non-hydrogen) atoms. The Balaban J connectivity index is 0.000000330. The van der Waals surface area contributed by atoms with Crippen molar-refractivity contribution in [1.29, 1.82) is 0 Å². The molecule has 0 aliphatic rings. The SMILES string of the molecule is COc1cc(C(=O)O)cc([N+](=O)[O-])c1.COc1cc(C(=O)OC(C)(C)C)cc([N+](=O)[O-])c1. The van der Waals surface area contributed by atoms with E-state index in [0.717, 1.165) is 18.2 Å². The summed E-state index contributed by atoms with van der Waals surface area (Å²) in [6.45, 7) is 5.17. The summed E-state index contributed by atoms with van der Waals surface area (Å²) in [5.41, 5.74) is -1.25. The van der Waals surface area contributed by atoms with Crippen LogP contribution in [0, 0.1) is 20.2 Å². The number of ether oxygens (including phenoxy) is 3. The molecule has 0 aromatic heterocycles. The summed E-state index contributed by atoms with van der Waals surface area (Å²) in [5, 5.41) is 29.8. The standard InChI is InChI=1S/C12H15NO5.C8H7NO5/c1-12(2,3)18-11(14)8-5-9(13(15)16)7-10(6-8)17-4;1-14-7-3-5(8(10)11)2-6(4-7)9(12)13/h5-7H,1-4H3;2-4H,1H3,(H,10,11). The minimum Gasteiger partial charge on any atom is -0.496 e. The Morgan fingerprint density at radius 2 is 1.22 bits per heavy atom. The maximum atomic E-state index is 11.8. The number of nitro groups is 2. The maximum absolute atomic E-state index is 11.8. The monoisotopic (exact) mass is 450 g/mol. The van der Waals surface area contributed by atoms with Crippen LogP contribution in [0.25, 0.3) is 0 Å². The average molecular weight is 450 g/mol. The van der Waals surface area contributed by atoms with Crippen molar-refractivity contribution in [2.45, 2.75) is 26.4 Å². The molecule has 0 aliphatic heterocycles. The lowest BCUT2D eigenvalue weighted by Crippen LogP contribution is -2.23. The van der Waals surface area contributed by atoms with Crippen molar-refractivity contribution in [2.75, 3.05) is 14.2 Å². The normalized spacial score (nSPS) is 10.3. The third-order valence-corrected chi connectivity index (χ3v) is 3.56. The molecule has 12 heteroatoms. The van der Waals surface area contributed by atoms with E-state index in [0.29, 0.717) is 0 Å². The first-order valence-corrected chi connectivity index (χ1v) is 8.91.